The normalized spacial score (nSPS) is 15.0. The van der Waals surface area contributed by atoms with E-state index in [-0.39, 0.29) is 11.2 Å². The summed E-state index contributed by atoms with van der Waals surface area (Å²) in [5, 5.41) is 3.67. The van der Waals surface area contributed by atoms with E-state index in [1.54, 1.807) is 12.1 Å². The second kappa shape index (κ2) is 7.40. The largest absolute Gasteiger partial charge is 0.310 e. The molecule has 0 aliphatic carbocycles. The number of nitrogens with one attached hydrogen (secondary N) is 1. The zero-order valence-electron chi connectivity index (χ0n) is 14.8. The van der Waals surface area contributed by atoms with E-state index in [1.807, 2.05) is 13.8 Å². The third-order valence-corrected chi connectivity index (χ3v) is 4.62. The first-order valence-electron chi connectivity index (χ1n) is 8.16. The van der Waals surface area contributed by atoms with Crippen LogP contribution in [0, 0.1) is 31.0 Å². The van der Waals surface area contributed by atoms with E-state index in [2.05, 4.69) is 39.9 Å². The summed E-state index contributed by atoms with van der Waals surface area (Å²) in [5.74, 6) is 0.461. The molecule has 0 bridgehead atoms. The van der Waals surface area contributed by atoms with Crippen LogP contribution in [0.25, 0.3) is 0 Å². The van der Waals surface area contributed by atoms with Crippen LogP contribution in [0.4, 0.5) is 4.39 Å². The molecule has 1 N–H and O–H groups in total. The van der Waals surface area contributed by atoms with Gasteiger partial charge < -0.3 is 5.32 Å². The van der Waals surface area contributed by atoms with E-state index in [4.69, 9.17) is 0 Å². The maximum absolute atomic E-state index is 13.6. The summed E-state index contributed by atoms with van der Waals surface area (Å²) >= 11 is 0. The van der Waals surface area contributed by atoms with Gasteiger partial charge in [-0.1, -0.05) is 34.6 Å². The summed E-state index contributed by atoms with van der Waals surface area (Å²) in [4.78, 5) is 0. The molecule has 0 fully saturated rings. The number of rotatable bonds is 6. The SMILES string of the molecule is CCCNC(CC(C)C(C)(C)C)c1c(C)cc(F)cc1C. The first-order valence-corrected chi connectivity index (χ1v) is 8.16. The van der Waals surface area contributed by atoms with Crippen LogP contribution in [0.1, 0.15) is 70.2 Å². The molecular weight excluding hydrogens is 261 g/mol. The van der Waals surface area contributed by atoms with Crippen LogP contribution < -0.4 is 5.32 Å². The van der Waals surface area contributed by atoms with Crippen molar-refractivity contribution in [2.45, 2.75) is 67.3 Å². The van der Waals surface area contributed by atoms with Crippen molar-refractivity contribution in [2.75, 3.05) is 6.54 Å². The monoisotopic (exact) mass is 293 g/mol. The van der Waals surface area contributed by atoms with Crippen LogP contribution in [-0.2, 0) is 0 Å². The lowest BCUT2D eigenvalue weighted by molar-refractivity contribution is 0.223. The van der Waals surface area contributed by atoms with Gasteiger partial charge in [0.2, 0.25) is 0 Å². The highest BCUT2D eigenvalue weighted by Crippen LogP contribution is 2.35. The summed E-state index contributed by atoms with van der Waals surface area (Å²) < 4.78 is 13.6. The van der Waals surface area contributed by atoms with Crippen molar-refractivity contribution in [3.63, 3.8) is 0 Å². The highest BCUT2D eigenvalue weighted by molar-refractivity contribution is 5.37. The summed E-state index contributed by atoms with van der Waals surface area (Å²) in [6, 6.07) is 3.62. The fourth-order valence-corrected chi connectivity index (χ4v) is 2.80. The topological polar surface area (TPSA) is 12.0 Å². The fourth-order valence-electron chi connectivity index (χ4n) is 2.80. The van der Waals surface area contributed by atoms with Crippen molar-refractivity contribution in [3.8, 4) is 0 Å². The Balaban J connectivity index is 3.08. The van der Waals surface area contributed by atoms with Crippen LogP contribution in [-0.4, -0.2) is 6.54 Å². The van der Waals surface area contributed by atoms with E-state index in [0.717, 1.165) is 30.5 Å². The van der Waals surface area contributed by atoms with E-state index in [1.165, 1.54) is 5.56 Å². The maximum Gasteiger partial charge on any atom is 0.123 e. The average molecular weight is 293 g/mol. The molecule has 21 heavy (non-hydrogen) atoms. The highest BCUT2D eigenvalue weighted by Gasteiger charge is 2.25. The van der Waals surface area contributed by atoms with Gasteiger partial charge in [0.1, 0.15) is 5.82 Å². The highest BCUT2D eigenvalue weighted by atomic mass is 19.1. The molecular formula is C19H32FN. The van der Waals surface area contributed by atoms with Crippen molar-refractivity contribution >= 4 is 0 Å². The fraction of sp³-hybridized carbons (Fsp3) is 0.684. The van der Waals surface area contributed by atoms with Gasteiger partial charge in [-0.05, 0) is 73.4 Å². The number of hydrogen-bond donors (Lipinski definition) is 1. The van der Waals surface area contributed by atoms with Crippen molar-refractivity contribution in [1.82, 2.24) is 5.32 Å². The van der Waals surface area contributed by atoms with Gasteiger partial charge in [-0.25, -0.2) is 4.39 Å². The molecule has 1 aromatic carbocycles. The van der Waals surface area contributed by atoms with Gasteiger partial charge in [-0.3, -0.25) is 0 Å². The molecule has 0 radical (unpaired) electrons. The molecule has 0 amide bonds. The Labute approximate surface area is 130 Å². The number of benzene rings is 1. The average Bonchev–Trinajstić information content (AvgIpc) is 2.32. The van der Waals surface area contributed by atoms with Crippen LogP contribution in [0.2, 0.25) is 0 Å². The molecule has 1 nitrogen and oxygen atoms in total. The van der Waals surface area contributed by atoms with Gasteiger partial charge >= 0.3 is 0 Å². The summed E-state index contributed by atoms with van der Waals surface area (Å²) in [6.07, 6.45) is 2.19. The predicted molar refractivity (Wildman–Crippen MR) is 90.1 cm³/mol. The first kappa shape index (κ1) is 18.2. The van der Waals surface area contributed by atoms with Gasteiger partial charge in [-0.2, -0.15) is 0 Å². The zero-order chi connectivity index (χ0) is 16.2. The Hall–Kier alpha value is -0.890. The molecule has 0 heterocycles. The Morgan fingerprint density at radius 3 is 2.10 bits per heavy atom. The molecule has 120 valence electrons. The minimum Gasteiger partial charge on any atom is -0.310 e. The third kappa shape index (κ3) is 5.10. The van der Waals surface area contributed by atoms with Gasteiger partial charge in [0, 0.05) is 6.04 Å². The number of hydrogen-bond acceptors (Lipinski definition) is 1. The minimum absolute atomic E-state index is 0.133. The number of aryl methyl sites for hydroxylation is 2. The van der Waals surface area contributed by atoms with Crippen molar-refractivity contribution in [3.05, 3.63) is 34.6 Å². The molecule has 1 aromatic rings. The second-order valence-electron chi connectivity index (χ2n) is 7.46. The Bertz CT molecular complexity index is 436. The van der Waals surface area contributed by atoms with E-state index in [9.17, 15) is 4.39 Å². The lowest BCUT2D eigenvalue weighted by Crippen LogP contribution is -2.29. The Kier molecular flexibility index (Phi) is 6.40. The Morgan fingerprint density at radius 1 is 1.14 bits per heavy atom. The van der Waals surface area contributed by atoms with Crippen molar-refractivity contribution in [2.24, 2.45) is 11.3 Å². The predicted octanol–water partition coefficient (Wildman–Crippen LogP) is 5.56. The van der Waals surface area contributed by atoms with Gasteiger partial charge in [0.05, 0.1) is 0 Å². The first-order chi connectivity index (χ1) is 9.66. The number of halogens is 1. The summed E-state index contributed by atoms with van der Waals surface area (Å²) in [6.45, 7) is 16.4. The Morgan fingerprint density at radius 2 is 1.67 bits per heavy atom. The molecule has 2 atom stereocenters. The summed E-state index contributed by atoms with van der Waals surface area (Å²) in [5.41, 5.74) is 3.68. The quantitative estimate of drug-likeness (QED) is 0.724. The lowest BCUT2D eigenvalue weighted by Gasteiger charge is -2.32. The molecule has 0 saturated heterocycles. The lowest BCUT2D eigenvalue weighted by atomic mass is 9.76. The van der Waals surface area contributed by atoms with Gasteiger partial charge in [0.25, 0.3) is 0 Å². The molecule has 2 heteroatoms. The molecule has 0 aliphatic rings. The van der Waals surface area contributed by atoms with E-state index in [0.29, 0.717) is 12.0 Å². The van der Waals surface area contributed by atoms with Crippen LogP contribution in [0.5, 0.6) is 0 Å². The third-order valence-electron chi connectivity index (χ3n) is 4.62. The minimum atomic E-state index is -0.133. The van der Waals surface area contributed by atoms with Crippen molar-refractivity contribution in [1.29, 1.82) is 0 Å². The molecule has 2 unspecified atom stereocenters. The zero-order valence-corrected chi connectivity index (χ0v) is 14.8. The van der Waals surface area contributed by atoms with E-state index >= 15 is 0 Å². The van der Waals surface area contributed by atoms with Gasteiger partial charge in [-0.15, -0.1) is 0 Å². The van der Waals surface area contributed by atoms with Crippen LogP contribution in [0.3, 0.4) is 0 Å². The molecule has 1 rings (SSSR count). The molecule has 0 aliphatic heterocycles. The van der Waals surface area contributed by atoms with Crippen LogP contribution in [0.15, 0.2) is 12.1 Å². The maximum atomic E-state index is 13.6. The molecule has 0 aromatic heterocycles. The standard InChI is InChI=1S/C19H32FN/c1-8-9-21-17(12-15(4)19(5,6)7)18-13(2)10-16(20)11-14(18)3/h10-11,15,17,21H,8-9,12H2,1-7H3. The smallest absolute Gasteiger partial charge is 0.123 e. The molecule has 0 saturated carbocycles. The van der Waals surface area contributed by atoms with Crippen molar-refractivity contribution < 1.29 is 4.39 Å². The molecule has 0 spiro atoms. The van der Waals surface area contributed by atoms with Crippen LogP contribution >= 0.6 is 0 Å². The van der Waals surface area contributed by atoms with Gasteiger partial charge in [0.15, 0.2) is 0 Å². The summed E-state index contributed by atoms with van der Waals surface area (Å²) in [7, 11) is 0. The van der Waals surface area contributed by atoms with E-state index < -0.39 is 0 Å². The second-order valence-corrected chi connectivity index (χ2v) is 7.46.